The number of allylic oxidation sites excluding steroid dienone is 4. The minimum atomic E-state index is 0.283. The van der Waals surface area contributed by atoms with Crippen LogP contribution >= 0.6 is 11.8 Å². The van der Waals surface area contributed by atoms with Gasteiger partial charge in [-0.05, 0) is 35.5 Å². The van der Waals surface area contributed by atoms with E-state index < -0.39 is 0 Å². The van der Waals surface area contributed by atoms with Crippen molar-refractivity contribution >= 4 is 11.8 Å². The van der Waals surface area contributed by atoms with Crippen LogP contribution in [0.25, 0.3) is 0 Å². The van der Waals surface area contributed by atoms with Crippen molar-refractivity contribution in [3.63, 3.8) is 0 Å². The third-order valence-electron chi connectivity index (χ3n) is 1.81. The van der Waals surface area contributed by atoms with Crippen LogP contribution < -0.4 is 0 Å². The summed E-state index contributed by atoms with van der Waals surface area (Å²) in [6.07, 6.45) is 5.62. The molecular weight excluding hydrogens is 176 g/mol. The van der Waals surface area contributed by atoms with E-state index in [0.717, 1.165) is 6.42 Å². The van der Waals surface area contributed by atoms with Crippen LogP contribution in [0.15, 0.2) is 22.0 Å². The third-order valence-corrected chi connectivity index (χ3v) is 3.36. The molecule has 0 nitrogen and oxygen atoms in total. The highest BCUT2D eigenvalue weighted by atomic mass is 32.2. The molecule has 0 radical (unpaired) electrons. The third kappa shape index (κ3) is 5.20. The lowest BCUT2D eigenvalue weighted by Crippen LogP contribution is -2.06. The lowest BCUT2D eigenvalue weighted by molar-refractivity contribution is 0.531. The lowest BCUT2D eigenvalue weighted by Gasteiger charge is -2.22. The van der Waals surface area contributed by atoms with Crippen LogP contribution in [0.2, 0.25) is 0 Å². The molecule has 1 heteroatoms. The maximum absolute atomic E-state index is 2.33. The van der Waals surface area contributed by atoms with Crippen LogP contribution in [0.5, 0.6) is 0 Å². The molecule has 0 saturated heterocycles. The topological polar surface area (TPSA) is 0 Å². The molecule has 0 atom stereocenters. The molecule has 0 aromatic rings. The van der Waals surface area contributed by atoms with Crippen molar-refractivity contribution < 1.29 is 0 Å². The second kappa shape index (κ2) is 5.54. The Hall–Kier alpha value is -0.170. The summed E-state index contributed by atoms with van der Waals surface area (Å²) >= 11 is 1.90. The van der Waals surface area contributed by atoms with Crippen molar-refractivity contribution in [2.24, 2.45) is 5.41 Å². The Kier molecular flexibility index (Phi) is 5.46. The summed E-state index contributed by atoms with van der Waals surface area (Å²) in [5, 5.41) is 0. The summed E-state index contributed by atoms with van der Waals surface area (Å²) in [6, 6.07) is 0. The zero-order chi connectivity index (χ0) is 10.5. The van der Waals surface area contributed by atoms with E-state index in [-0.39, 0.29) is 5.41 Å². The van der Waals surface area contributed by atoms with Crippen molar-refractivity contribution in [3.8, 4) is 0 Å². The zero-order valence-corrected chi connectivity index (χ0v) is 10.6. The fourth-order valence-corrected chi connectivity index (χ4v) is 1.94. The molecule has 0 heterocycles. The van der Waals surface area contributed by atoms with Crippen molar-refractivity contribution in [1.82, 2.24) is 0 Å². The average molecular weight is 198 g/mol. The average Bonchev–Trinajstić information content (AvgIpc) is 2.01. The predicted octanol–water partition coefficient (Wildman–Crippen LogP) is 4.98. The van der Waals surface area contributed by atoms with E-state index in [1.165, 1.54) is 9.81 Å². The lowest BCUT2D eigenvalue weighted by atomic mass is 9.95. The largest absolute Gasteiger partial charge is 0.0994 e. The Morgan fingerprint density at radius 2 is 1.85 bits per heavy atom. The van der Waals surface area contributed by atoms with Crippen LogP contribution in [0.3, 0.4) is 0 Å². The van der Waals surface area contributed by atoms with Crippen molar-refractivity contribution in [3.05, 3.63) is 22.0 Å². The van der Waals surface area contributed by atoms with Gasteiger partial charge in [-0.15, -0.1) is 0 Å². The maximum Gasteiger partial charge on any atom is -0.00718 e. The molecule has 0 aromatic carbocycles. The first kappa shape index (κ1) is 12.8. The molecule has 76 valence electrons. The van der Waals surface area contributed by atoms with Crippen LogP contribution in [0.1, 0.15) is 48.0 Å². The maximum atomic E-state index is 2.33. The van der Waals surface area contributed by atoms with Gasteiger partial charge in [0.25, 0.3) is 0 Å². The van der Waals surface area contributed by atoms with E-state index in [4.69, 9.17) is 0 Å². The van der Waals surface area contributed by atoms with Gasteiger partial charge in [0.15, 0.2) is 0 Å². The van der Waals surface area contributed by atoms with Gasteiger partial charge in [-0.1, -0.05) is 51.6 Å². The zero-order valence-electron chi connectivity index (χ0n) is 9.77. The monoisotopic (exact) mass is 198 g/mol. The van der Waals surface area contributed by atoms with Crippen LogP contribution in [0, 0.1) is 5.41 Å². The highest BCUT2D eigenvalue weighted by Gasteiger charge is 2.17. The number of hydrogen-bond donors (Lipinski definition) is 0. The van der Waals surface area contributed by atoms with Crippen LogP contribution in [0.4, 0.5) is 0 Å². The van der Waals surface area contributed by atoms with E-state index in [0.29, 0.717) is 0 Å². The van der Waals surface area contributed by atoms with Crippen molar-refractivity contribution in [1.29, 1.82) is 0 Å². The Morgan fingerprint density at radius 3 is 2.15 bits per heavy atom. The van der Waals surface area contributed by atoms with E-state index in [9.17, 15) is 0 Å². The molecule has 0 saturated carbocycles. The Bertz CT molecular complexity index is 204. The molecule has 13 heavy (non-hydrogen) atoms. The number of thioether (sulfide) groups is 1. The Labute approximate surface area is 87.5 Å². The molecule has 0 bridgehead atoms. The molecule has 0 N–H and O–H groups in total. The summed E-state index contributed by atoms with van der Waals surface area (Å²) in [5.74, 6) is 0. The van der Waals surface area contributed by atoms with Gasteiger partial charge in [0.05, 0.1) is 0 Å². The van der Waals surface area contributed by atoms with E-state index in [2.05, 4.69) is 53.7 Å². The SMILES string of the molecule is C/C=C(/C)S/C(=C/CC)C(C)(C)C. The molecule has 0 rings (SSSR count). The van der Waals surface area contributed by atoms with Gasteiger partial charge in [-0.2, -0.15) is 0 Å². The van der Waals surface area contributed by atoms with Gasteiger partial charge in [0.2, 0.25) is 0 Å². The quantitative estimate of drug-likeness (QED) is 0.616. The second-order valence-electron chi connectivity index (χ2n) is 4.23. The molecule has 0 fully saturated rings. The first-order chi connectivity index (χ1) is 5.91. The fourth-order valence-electron chi connectivity index (χ4n) is 0.919. The minimum absolute atomic E-state index is 0.283. The molecule has 0 unspecified atom stereocenters. The Morgan fingerprint density at radius 1 is 1.31 bits per heavy atom. The molecule has 0 aliphatic heterocycles. The summed E-state index contributed by atoms with van der Waals surface area (Å²) in [4.78, 5) is 2.86. The van der Waals surface area contributed by atoms with Crippen molar-refractivity contribution in [2.75, 3.05) is 0 Å². The standard InChI is InChI=1S/C12H22S/c1-7-9-11(12(4,5)6)13-10(3)8-2/h8-9H,7H2,1-6H3/b10-8-,11-9+. The first-order valence-electron chi connectivity index (χ1n) is 4.93. The van der Waals surface area contributed by atoms with Gasteiger partial charge >= 0.3 is 0 Å². The van der Waals surface area contributed by atoms with E-state index in [1.807, 2.05) is 11.8 Å². The molecule has 0 spiro atoms. The van der Waals surface area contributed by atoms with Gasteiger partial charge < -0.3 is 0 Å². The predicted molar refractivity (Wildman–Crippen MR) is 64.9 cm³/mol. The smallest absolute Gasteiger partial charge is 0.00718 e. The summed E-state index contributed by atoms with van der Waals surface area (Å²) in [5.41, 5.74) is 0.283. The van der Waals surface area contributed by atoms with Crippen molar-refractivity contribution in [2.45, 2.75) is 48.0 Å². The molecule has 0 aromatic heterocycles. The Balaban J connectivity index is 4.56. The van der Waals surface area contributed by atoms with Gasteiger partial charge in [-0.3, -0.25) is 0 Å². The highest BCUT2D eigenvalue weighted by molar-refractivity contribution is 8.06. The van der Waals surface area contributed by atoms with Crippen LogP contribution in [-0.2, 0) is 0 Å². The van der Waals surface area contributed by atoms with E-state index in [1.54, 1.807) is 0 Å². The fraction of sp³-hybridized carbons (Fsp3) is 0.667. The molecule has 0 amide bonds. The summed E-state index contributed by atoms with van der Waals surface area (Å²) < 4.78 is 0. The normalized spacial score (nSPS) is 14.9. The highest BCUT2D eigenvalue weighted by Crippen LogP contribution is 2.38. The molecular formula is C12H22S. The molecule has 0 aliphatic rings. The summed E-state index contributed by atoms with van der Waals surface area (Å²) in [7, 11) is 0. The van der Waals surface area contributed by atoms with Gasteiger partial charge in [-0.25, -0.2) is 0 Å². The summed E-state index contributed by atoms with van der Waals surface area (Å²) in [6.45, 7) is 13.3. The van der Waals surface area contributed by atoms with Gasteiger partial charge in [0, 0.05) is 0 Å². The molecule has 0 aliphatic carbocycles. The second-order valence-corrected chi connectivity index (χ2v) is 5.52. The number of rotatable bonds is 3. The van der Waals surface area contributed by atoms with E-state index >= 15 is 0 Å². The first-order valence-corrected chi connectivity index (χ1v) is 5.74. The number of hydrogen-bond acceptors (Lipinski definition) is 1. The van der Waals surface area contributed by atoms with Crippen LogP contribution in [-0.4, -0.2) is 0 Å². The minimum Gasteiger partial charge on any atom is -0.0994 e. The van der Waals surface area contributed by atoms with Gasteiger partial charge in [0.1, 0.15) is 0 Å².